The lowest BCUT2D eigenvalue weighted by atomic mass is 9.99. The predicted octanol–water partition coefficient (Wildman–Crippen LogP) is 21.9. The first-order valence-electron chi connectivity index (χ1n) is 39.0. The van der Waals surface area contributed by atoms with Crippen molar-refractivity contribution in [3.63, 3.8) is 0 Å². The van der Waals surface area contributed by atoms with E-state index in [1.807, 2.05) is 0 Å². The Morgan fingerprint density at radius 1 is 0.309 bits per heavy atom. The zero-order valence-corrected chi connectivity index (χ0v) is 63.1. The summed E-state index contributed by atoms with van der Waals surface area (Å²) >= 11 is 0. The fraction of sp³-hybridized carbons (Fsp3) is 0.947. The number of ether oxygens (including phenoxy) is 4. The van der Waals surface area contributed by atoms with Gasteiger partial charge in [-0.15, -0.1) is 0 Å². The maximum absolute atomic E-state index is 13.1. The molecule has 17 nitrogen and oxygen atoms in total. The van der Waals surface area contributed by atoms with Crippen LogP contribution in [0.15, 0.2) is 0 Å². The summed E-state index contributed by atoms with van der Waals surface area (Å²) in [6.45, 7) is 9.59. The summed E-state index contributed by atoms with van der Waals surface area (Å²) < 4.78 is 68.4. The quantitative estimate of drug-likeness (QED) is 0.0222. The average Bonchev–Trinajstić information content (AvgIpc) is 1.49. The molecule has 558 valence electrons. The SMILES string of the molecule is CCCCCCCCCCCCCCCCCCC(=O)OC[C@H](COP(=O)(O)OC[C@@H](O)COP(=O)(O)OC[C@@H](COC(=O)CCCCCCCCCC)OC(=O)CCCCCCCCCCC(C)CC)OC(=O)CCCCCCCCCCCCCCCCCC(C)C. The summed E-state index contributed by atoms with van der Waals surface area (Å²) in [6.07, 6.45) is 54.1. The molecule has 0 heterocycles. The van der Waals surface area contributed by atoms with Crippen LogP contribution in [0.1, 0.15) is 388 Å². The molecule has 0 aliphatic carbocycles. The molecular weight excluding hydrogens is 1230 g/mol. The average molecular weight is 1380 g/mol. The third-order valence-electron chi connectivity index (χ3n) is 17.8. The smallest absolute Gasteiger partial charge is 0.462 e. The van der Waals surface area contributed by atoms with E-state index in [-0.39, 0.29) is 25.7 Å². The monoisotopic (exact) mass is 1380 g/mol. The van der Waals surface area contributed by atoms with Crippen LogP contribution in [0, 0.1) is 11.8 Å². The number of phosphoric acid groups is 2. The number of unbranched alkanes of at least 4 members (excludes halogenated alkanes) is 43. The van der Waals surface area contributed by atoms with Gasteiger partial charge in [0.15, 0.2) is 12.2 Å². The Labute approximate surface area is 575 Å². The van der Waals surface area contributed by atoms with Crippen LogP contribution in [-0.2, 0) is 65.4 Å². The number of carbonyl (C=O) groups is 4. The number of phosphoric ester groups is 2. The molecule has 0 saturated heterocycles. The Morgan fingerprint density at radius 3 is 0.809 bits per heavy atom. The number of esters is 4. The summed E-state index contributed by atoms with van der Waals surface area (Å²) in [6, 6.07) is 0. The Morgan fingerprint density at radius 2 is 0.543 bits per heavy atom. The van der Waals surface area contributed by atoms with Crippen LogP contribution in [0.2, 0.25) is 0 Å². The van der Waals surface area contributed by atoms with E-state index in [9.17, 15) is 43.2 Å². The lowest BCUT2D eigenvalue weighted by Crippen LogP contribution is -2.30. The number of aliphatic hydroxyl groups is 1. The van der Waals surface area contributed by atoms with Crippen molar-refractivity contribution in [2.45, 2.75) is 407 Å². The molecule has 0 aliphatic rings. The van der Waals surface area contributed by atoms with E-state index < -0.39 is 97.5 Å². The van der Waals surface area contributed by atoms with Crippen LogP contribution in [0.5, 0.6) is 0 Å². The highest BCUT2D eigenvalue weighted by Crippen LogP contribution is 2.45. The summed E-state index contributed by atoms with van der Waals surface area (Å²) in [5.74, 6) is -0.547. The van der Waals surface area contributed by atoms with Crippen molar-refractivity contribution in [2.75, 3.05) is 39.6 Å². The van der Waals surface area contributed by atoms with Crippen LogP contribution in [0.4, 0.5) is 0 Å². The standard InChI is InChI=1S/C75H146O17P2/c1-7-10-12-14-16-18-19-20-21-24-27-30-33-40-46-52-58-73(78)86-64-71(91-74(79)59-53-47-41-34-31-28-25-22-23-26-29-32-37-43-49-55-67(4)5)66-90-94(83,84)88-62-69(76)61-87-93(81,82)89-65-70(63-85-72(77)57-51-45-39-17-15-13-11-8-2)92-75(80)60-54-48-42-36-35-38-44-50-56-68(6)9-3/h67-71,76H,7-66H2,1-6H3,(H,81,82)(H,83,84)/t68?,69-,70+,71+/m0/s1. The molecule has 3 unspecified atom stereocenters. The van der Waals surface area contributed by atoms with Gasteiger partial charge in [-0.1, -0.05) is 337 Å². The second-order valence-corrected chi connectivity index (χ2v) is 30.7. The van der Waals surface area contributed by atoms with E-state index in [2.05, 4.69) is 41.5 Å². The highest BCUT2D eigenvalue weighted by atomic mass is 31.2. The number of carbonyl (C=O) groups excluding carboxylic acids is 4. The minimum Gasteiger partial charge on any atom is -0.462 e. The molecule has 0 saturated carbocycles. The molecule has 0 fully saturated rings. The molecule has 0 aliphatic heterocycles. The number of rotatable bonds is 74. The first kappa shape index (κ1) is 92.1. The van der Waals surface area contributed by atoms with Gasteiger partial charge in [0.25, 0.3) is 0 Å². The Kier molecular flexibility index (Phi) is 65.5. The topological polar surface area (TPSA) is 237 Å². The summed E-state index contributed by atoms with van der Waals surface area (Å²) in [7, 11) is -9.91. The first-order valence-corrected chi connectivity index (χ1v) is 42.0. The first-order chi connectivity index (χ1) is 45.4. The van der Waals surface area contributed by atoms with Gasteiger partial charge in [-0.3, -0.25) is 37.3 Å². The van der Waals surface area contributed by atoms with Crippen molar-refractivity contribution in [3.05, 3.63) is 0 Å². The predicted molar refractivity (Wildman–Crippen MR) is 381 cm³/mol. The third-order valence-corrected chi connectivity index (χ3v) is 19.7. The highest BCUT2D eigenvalue weighted by Gasteiger charge is 2.30. The highest BCUT2D eigenvalue weighted by molar-refractivity contribution is 7.47. The Bertz CT molecular complexity index is 1820. The second kappa shape index (κ2) is 66.9. The van der Waals surface area contributed by atoms with E-state index in [1.165, 1.54) is 199 Å². The van der Waals surface area contributed by atoms with Gasteiger partial charge in [0, 0.05) is 25.7 Å². The van der Waals surface area contributed by atoms with Crippen LogP contribution in [0.25, 0.3) is 0 Å². The van der Waals surface area contributed by atoms with Crippen LogP contribution in [0.3, 0.4) is 0 Å². The molecule has 0 rings (SSSR count). The van der Waals surface area contributed by atoms with Gasteiger partial charge in [0.2, 0.25) is 0 Å². The van der Waals surface area contributed by atoms with Gasteiger partial charge < -0.3 is 33.8 Å². The summed E-state index contributed by atoms with van der Waals surface area (Å²) in [5, 5.41) is 10.6. The summed E-state index contributed by atoms with van der Waals surface area (Å²) in [4.78, 5) is 72.7. The normalized spacial score (nSPS) is 14.3. The van der Waals surface area contributed by atoms with Crippen LogP contribution >= 0.6 is 15.6 Å². The molecular formula is C75H146O17P2. The van der Waals surface area contributed by atoms with E-state index in [4.69, 9.17) is 37.0 Å². The largest absolute Gasteiger partial charge is 0.472 e. The van der Waals surface area contributed by atoms with Gasteiger partial charge >= 0.3 is 39.5 Å². The van der Waals surface area contributed by atoms with Gasteiger partial charge in [0.1, 0.15) is 19.3 Å². The zero-order chi connectivity index (χ0) is 69.3. The lowest BCUT2D eigenvalue weighted by Gasteiger charge is -2.21. The van der Waals surface area contributed by atoms with E-state index in [0.717, 1.165) is 108 Å². The van der Waals surface area contributed by atoms with Crippen molar-refractivity contribution in [3.8, 4) is 0 Å². The molecule has 94 heavy (non-hydrogen) atoms. The lowest BCUT2D eigenvalue weighted by molar-refractivity contribution is -0.161. The number of hydrogen-bond donors (Lipinski definition) is 3. The van der Waals surface area contributed by atoms with Gasteiger partial charge in [0.05, 0.1) is 26.4 Å². The molecule has 0 aromatic heterocycles. The molecule has 0 aromatic carbocycles. The molecule has 3 N–H and O–H groups in total. The second-order valence-electron chi connectivity index (χ2n) is 27.8. The van der Waals surface area contributed by atoms with E-state index in [1.54, 1.807) is 0 Å². The van der Waals surface area contributed by atoms with E-state index in [0.29, 0.717) is 25.7 Å². The molecule has 0 spiro atoms. The maximum atomic E-state index is 13.1. The van der Waals surface area contributed by atoms with Crippen LogP contribution < -0.4 is 0 Å². The molecule has 0 radical (unpaired) electrons. The van der Waals surface area contributed by atoms with Gasteiger partial charge in [-0.2, -0.15) is 0 Å². The number of hydrogen-bond acceptors (Lipinski definition) is 15. The van der Waals surface area contributed by atoms with Crippen molar-refractivity contribution < 1.29 is 80.2 Å². The Hall–Kier alpha value is -1.94. The minimum atomic E-state index is -4.96. The van der Waals surface area contributed by atoms with Gasteiger partial charge in [-0.05, 0) is 37.5 Å². The molecule has 0 amide bonds. The fourth-order valence-electron chi connectivity index (χ4n) is 11.4. The Balaban J connectivity index is 5.22. The third kappa shape index (κ3) is 67.3. The van der Waals surface area contributed by atoms with Gasteiger partial charge in [-0.25, -0.2) is 9.13 Å². The minimum absolute atomic E-state index is 0.105. The molecule has 19 heteroatoms. The van der Waals surface area contributed by atoms with Crippen LogP contribution in [-0.4, -0.2) is 96.7 Å². The molecule has 0 aromatic rings. The van der Waals surface area contributed by atoms with Crippen molar-refractivity contribution in [1.29, 1.82) is 0 Å². The number of aliphatic hydroxyl groups excluding tert-OH is 1. The molecule has 0 bridgehead atoms. The maximum Gasteiger partial charge on any atom is 0.472 e. The zero-order valence-electron chi connectivity index (χ0n) is 61.3. The summed E-state index contributed by atoms with van der Waals surface area (Å²) in [5.41, 5.74) is 0. The molecule has 6 atom stereocenters. The fourth-order valence-corrected chi connectivity index (χ4v) is 13.0. The van der Waals surface area contributed by atoms with Crippen molar-refractivity contribution >= 4 is 39.5 Å². The van der Waals surface area contributed by atoms with Crippen molar-refractivity contribution in [2.24, 2.45) is 11.8 Å². The van der Waals surface area contributed by atoms with E-state index >= 15 is 0 Å². The van der Waals surface area contributed by atoms with Crippen molar-refractivity contribution in [1.82, 2.24) is 0 Å².